The van der Waals surface area contributed by atoms with E-state index in [0.29, 0.717) is 34.6 Å². The van der Waals surface area contributed by atoms with Crippen LogP contribution in [0.15, 0.2) is 77.6 Å². The van der Waals surface area contributed by atoms with E-state index in [2.05, 4.69) is 15.3 Å². The summed E-state index contributed by atoms with van der Waals surface area (Å²) in [6, 6.07) is 22.1. The van der Waals surface area contributed by atoms with Crippen LogP contribution in [-0.2, 0) is 11.2 Å². The molecule has 0 aliphatic heterocycles. The quantitative estimate of drug-likeness (QED) is 0.496. The van der Waals surface area contributed by atoms with E-state index in [1.807, 2.05) is 37.3 Å². The monoisotopic (exact) mass is 399 g/mol. The van der Waals surface area contributed by atoms with Gasteiger partial charge in [-0.2, -0.15) is 0 Å². The number of H-pyrrole nitrogens is 1. The van der Waals surface area contributed by atoms with Gasteiger partial charge in [-0.3, -0.25) is 9.59 Å². The van der Waals surface area contributed by atoms with Crippen LogP contribution in [0.3, 0.4) is 0 Å². The SMILES string of the molecule is Cc1ccc(Oc2ccc(NC(=O)CCc3nc4ccccc4c(=O)[nH]3)cc2)cc1. The molecule has 0 aliphatic carbocycles. The van der Waals surface area contributed by atoms with Crippen LogP contribution in [0.2, 0.25) is 0 Å². The number of rotatable bonds is 6. The summed E-state index contributed by atoms with van der Waals surface area (Å²) in [5, 5.41) is 3.39. The first kappa shape index (κ1) is 19.4. The number of hydrogen-bond acceptors (Lipinski definition) is 4. The molecule has 0 atom stereocenters. The maximum atomic E-state index is 12.3. The van der Waals surface area contributed by atoms with Crippen molar-refractivity contribution in [3.8, 4) is 11.5 Å². The van der Waals surface area contributed by atoms with Gasteiger partial charge in [-0.15, -0.1) is 0 Å². The summed E-state index contributed by atoms with van der Waals surface area (Å²) in [5.74, 6) is 1.79. The van der Waals surface area contributed by atoms with Crippen molar-refractivity contribution in [3.63, 3.8) is 0 Å². The fraction of sp³-hybridized carbons (Fsp3) is 0.125. The maximum Gasteiger partial charge on any atom is 0.258 e. The number of fused-ring (bicyclic) bond motifs is 1. The molecule has 0 saturated carbocycles. The van der Waals surface area contributed by atoms with Gasteiger partial charge in [0, 0.05) is 18.5 Å². The standard InChI is InChI=1S/C24H21N3O3/c1-16-6-10-18(11-7-16)30-19-12-8-17(9-13-19)25-23(28)15-14-22-26-21-5-3-2-4-20(21)24(29)27-22/h2-13H,14-15H2,1H3,(H,25,28)(H,26,27,29). The first-order valence-corrected chi connectivity index (χ1v) is 9.69. The zero-order valence-corrected chi connectivity index (χ0v) is 16.5. The van der Waals surface area contributed by atoms with Crippen LogP contribution < -0.4 is 15.6 Å². The van der Waals surface area contributed by atoms with Gasteiger partial charge in [0.05, 0.1) is 10.9 Å². The van der Waals surface area contributed by atoms with Crippen LogP contribution in [0.4, 0.5) is 5.69 Å². The van der Waals surface area contributed by atoms with Crippen LogP contribution in [-0.4, -0.2) is 15.9 Å². The highest BCUT2D eigenvalue weighted by atomic mass is 16.5. The van der Waals surface area contributed by atoms with Crippen LogP contribution in [0.1, 0.15) is 17.8 Å². The van der Waals surface area contributed by atoms with Crippen molar-refractivity contribution in [3.05, 3.63) is 94.5 Å². The molecule has 6 nitrogen and oxygen atoms in total. The molecule has 30 heavy (non-hydrogen) atoms. The number of benzene rings is 3. The first-order valence-electron chi connectivity index (χ1n) is 9.69. The van der Waals surface area contributed by atoms with Crippen LogP contribution >= 0.6 is 0 Å². The summed E-state index contributed by atoms with van der Waals surface area (Å²) in [4.78, 5) is 31.5. The molecule has 0 unspecified atom stereocenters. The molecule has 6 heteroatoms. The third kappa shape index (κ3) is 4.72. The number of hydrogen-bond donors (Lipinski definition) is 2. The third-order valence-electron chi connectivity index (χ3n) is 4.65. The van der Waals surface area contributed by atoms with Crippen LogP contribution in [0.5, 0.6) is 11.5 Å². The number of carbonyl (C=O) groups is 1. The molecule has 0 saturated heterocycles. The van der Waals surface area contributed by atoms with Crippen molar-refractivity contribution < 1.29 is 9.53 Å². The van der Waals surface area contributed by atoms with Crippen LogP contribution in [0.25, 0.3) is 10.9 Å². The molecule has 3 aromatic carbocycles. The van der Waals surface area contributed by atoms with Crippen molar-refractivity contribution in [2.24, 2.45) is 0 Å². The number of ether oxygens (including phenoxy) is 1. The Kier molecular flexibility index (Phi) is 5.57. The molecule has 0 bridgehead atoms. The minimum Gasteiger partial charge on any atom is -0.457 e. The second-order valence-corrected chi connectivity index (χ2v) is 7.02. The first-order chi connectivity index (χ1) is 14.6. The summed E-state index contributed by atoms with van der Waals surface area (Å²) >= 11 is 0. The smallest absolute Gasteiger partial charge is 0.258 e. The fourth-order valence-electron chi connectivity index (χ4n) is 3.06. The Bertz CT molecular complexity index is 1230. The van der Waals surface area contributed by atoms with E-state index >= 15 is 0 Å². The molecule has 1 heterocycles. The van der Waals surface area contributed by atoms with Crippen molar-refractivity contribution in [2.75, 3.05) is 5.32 Å². The molecule has 0 radical (unpaired) electrons. The van der Waals surface area contributed by atoms with E-state index < -0.39 is 0 Å². The topological polar surface area (TPSA) is 84.1 Å². The lowest BCUT2D eigenvalue weighted by Gasteiger charge is -2.08. The summed E-state index contributed by atoms with van der Waals surface area (Å²) in [6.45, 7) is 2.02. The molecule has 1 amide bonds. The number of nitrogens with zero attached hydrogens (tertiary/aromatic N) is 1. The van der Waals surface area contributed by atoms with Gasteiger partial charge >= 0.3 is 0 Å². The fourth-order valence-corrected chi connectivity index (χ4v) is 3.06. The molecular weight excluding hydrogens is 378 g/mol. The normalized spacial score (nSPS) is 10.7. The van der Waals surface area contributed by atoms with Gasteiger partial charge in [0.1, 0.15) is 17.3 Å². The Balaban J connectivity index is 1.34. The zero-order chi connectivity index (χ0) is 20.9. The second-order valence-electron chi connectivity index (χ2n) is 7.02. The molecular formula is C24H21N3O3. The Morgan fingerprint density at radius 3 is 2.37 bits per heavy atom. The molecule has 0 spiro atoms. The van der Waals surface area contributed by atoms with Gasteiger partial charge in [-0.05, 0) is 55.5 Å². The van der Waals surface area contributed by atoms with E-state index in [-0.39, 0.29) is 17.9 Å². The molecule has 4 rings (SSSR count). The minimum absolute atomic E-state index is 0.155. The highest BCUT2D eigenvalue weighted by Gasteiger charge is 2.07. The minimum atomic E-state index is -0.194. The lowest BCUT2D eigenvalue weighted by molar-refractivity contribution is -0.116. The van der Waals surface area contributed by atoms with Crippen molar-refractivity contribution in [2.45, 2.75) is 19.8 Å². The molecule has 0 aliphatic rings. The van der Waals surface area contributed by atoms with E-state index in [4.69, 9.17) is 4.74 Å². The van der Waals surface area contributed by atoms with E-state index in [1.54, 1.807) is 42.5 Å². The van der Waals surface area contributed by atoms with Gasteiger partial charge in [0.2, 0.25) is 5.91 Å². The number of aromatic nitrogens is 2. The molecule has 2 N–H and O–H groups in total. The van der Waals surface area contributed by atoms with Gasteiger partial charge < -0.3 is 15.0 Å². The summed E-state index contributed by atoms with van der Waals surface area (Å²) < 4.78 is 5.79. The van der Waals surface area contributed by atoms with Gasteiger partial charge in [-0.25, -0.2) is 4.98 Å². The number of nitrogens with one attached hydrogen (secondary N) is 2. The lowest BCUT2D eigenvalue weighted by atomic mass is 10.2. The lowest BCUT2D eigenvalue weighted by Crippen LogP contribution is -2.16. The molecule has 1 aromatic heterocycles. The highest BCUT2D eigenvalue weighted by molar-refractivity contribution is 5.90. The average Bonchev–Trinajstić information content (AvgIpc) is 2.75. The van der Waals surface area contributed by atoms with Gasteiger partial charge in [0.25, 0.3) is 5.56 Å². The largest absolute Gasteiger partial charge is 0.457 e. The van der Waals surface area contributed by atoms with Gasteiger partial charge in [0.15, 0.2) is 0 Å². The third-order valence-corrected chi connectivity index (χ3v) is 4.65. The number of anilines is 1. The summed E-state index contributed by atoms with van der Waals surface area (Å²) in [7, 11) is 0. The average molecular weight is 399 g/mol. The predicted octanol–water partition coefficient (Wildman–Crippen LogP) is 4.60. The molecule has 4 aromatic rings. The second kappa shape index (κ2) is 8.61. The van der Waals surface area contributed by atoms with E-state index in [1.165, 1.54) is 5.56 Å². The molecule has 150 valence electrons. The Morgan fingerprint density at radius 1 is 0.967 bits per heavy atom. The van der Waals surface area contributed by atoms with Gasteiger partial charge in [-0.1, -0.05) is 29.8 Å². The van der Waals surface area contributed by atoms with E-state index in [9.17, 15) is 9.59 Å². The van der Waals surface area contributed by atoms with Crippen molar-refractivity contribution >= 4 is 22.5 Å². The Morgan fingerprint density at radius 2 is 1.63 bits per heavy atom. The summed E-state index contributed by atoms with van der Waals surface area (Å²) in [5.41, 5.74) is 2.28. The zero-order valence-electron chi connectivity index (χ0n) is 16.5. The van der Waals surface area contributed by atoms with Crippen LogP contribution in [0, 0.1) is 6.92 Å². The van der Waals surface area contributed by atoms with E-state index in [0.717, 1.165) is 5.75 Å². The number of amides is 1. The highest BCUT2D eigenvalue weighted by Crippen LogP contribution is 2.23. The summed E-state index contributed by atoms with van der Waals surface area (Å²) in [6.07, 6.45) is 0.559. The van der Waals surface area contributed by atoms with Crippen molar-refractivity contribution in [1.29, 1.82) is 0 Å². The molecule has 0 fully saturated rings. The maximum absolute atomic E-state index is 12.3. The van der Waals surface area contributed by atoms with Crippen molar-refractivity contribution in [1.82, 2.24) is 9.97 Å². The Hall–Kier alpha value is -3.93. The predicted molar refractivity (Wildman–Crippen MR) is 117 cm³/mol. The number of carbonyl (C=O) groups excluding carboxylic acids is 1. The number of aromatic amines is 1. The number of para-hydroxylation sites is 1. The number of aryl methyl sites for hydroxylation is 2. The Labute approximate surface area is 173 Å².